The third-order valence-electron chi connectivity index (χ3n) is 0.538. The minimum absolute atomic E-state index is 0.0339. The second-order valence-electron chi connectivity index (χ2n) is 1.30. The van der Waals surface area contributed by atoms with Crippen LogP contribution in [0, 0.1) is 0 Å². The van der Waals surface area contributed by atoms with E-state index in [2.05, 4.69) is 15.9 Å². The number of hydrogen-bond donors (Lipinski definition) is 1. The molecule has 7 heteroatoms. The van der Waals surface area contributed by atoms with Crippen LogP contribution in [-0.4, -0.2) is 21.6 Å². The number of rotatable bonds is 3. The molecule has 0 aliphatic carbocycles. The van der Waals surface area contributed by atoms with Crippen LogP contribution in [0.1, 0.15) is 0 Å². The van der Waals surface area contributed by atoms with E-state index in [0.29, 0.717) is 5.33 Å². The molecular formula is C3H5BrF3NOS. The number of halogens is 4. The molecule has 0 aromatic rings. The standard InChI is InChI=1S/C3H5BrF3NOS/c4-1-2-8-10(9)3(5,6)7/h8H,1-2H2. The predicted molar refractivity (Wildman–Crippen MR) is 36.0 cm³/mol. The molecule has 0 fully saturated rings. The summed E-state index contributed by atoms with van der Waals surface area (Å²) in [6, 6.07) is 0. The SMILES string of the molecule is O=S(NCCBr)C(F)(F)F. The predicted octanol–water partition coefficient (Wildman–Crippen LogP) is 1.15. The van der Waals surface area contributed by atoms with E-state index in [0.717, 1.165) is 0 Å². The molecule has 0 radical (unpaired) electrons. The molecule has 0 aromatic carbocycles. The lowest BCUT2D eigenvalue weighted by Crippen LogP contribution is -2.31. The first kappa shape index (κ1) is 10.4. The summed E-state index contributed by atoms with van der Waals surface area (Å²) < 4.78 is 46.0. The Morgan fingerprint density at radius 3 is 2.30 bits per heavy atom. The topological polar surface area (TPSA) is 29.1 Å². The van der Waals surface area contributed by atoms with Gasteiger partial charge < -0.3 is 0 Å². The fourth-order valence-corrected chi connectivity index (χ4v) is 1.12. The van der Waals surface area contributed by atoms with Gasteiger partial charge in [-0.25, -0.2) is 8.93 Å². The lowest BCUT2D eigenvalue weighted by molar-refractivity contribution is -0.0393. The van der Waals surface area contributed by atoms with Gasteiger partial charge in [-0.2, -0.15) is 13.2 Å². The average molecular weight is 240 g/mol. The van der Waals surface area contributed by atoms with Crippen molar-refractivity contribution in [1.82, 2.24) is 4.72 Å². The van der Waals surface area contributed by atoms with Gasteiger partial charge in [-0.05, 0) is 0 Å². The first-order chi connectivity index (χ1) is 4.48. The van der Waals surface area contributed by atoms with Crippen LogP contribution in [0.25, 0.3) is 0 Å². The second-order valence-corrected chi connectivity index (χ2v) is 3.38. The summed E-state index contributed by atoms with van der Waals surface area (Å²) in [5.74, 6) is 0. The van der Waals surface area contributed by atoms with Gasteiger partial charge in [-0.3, -0.25) is 0 Å². The number of nitrogens with one attached hydrogen (secondary N) is 1. The maximum Gasteiger partial charge on any atom is 0.485 e. The Kier molecular flexibility index (Phi) is 4.46. The van der Waals surface area contributed by atoms with Gasteiger partial charge in [0.1, 0.15) is 0 Å². The first-order valence-corrected chi connectivity index (χ1v) is 4.53. The molecule has 0 aliphatic rings. The third-order valence-corrected chi connectivity index (χ3v) is 1.82. The van der Waals surface area contributed by atoms with Crippen molar-refractivity contribution in [2.45, 2.75) is 5.51 Å². The molecule has 1 N–H and O–H groups in total. The largest absolute Gasteiger partial charge is 0.485 e. The summed E-state index contributed by atoms with van der Waals surface area (Å²) in [6.07, 6.45) is 0. The van der Waals surface area contributed by atoms with Crippen molar-refractivity contribution in [2.75, 3.05) is 11.9 Å². The zero-order chi connectivity index (χ0) is 8.20. The highest BCUT2D eigenvalue weighted by Crippen LogP contribution is 2.17. The van der Waals surface area contributed by atoms with E-state index >= 15 is 0 Å². The van der Waals surface area contributed by atoms with Crippen molar-refractivity contribution in [3.63, 3.8) is 0 Å². The fraction of sp³-hybridized carbons (Fsp3) is 1.00. The van der Waals surface area contributed by atoms with E-state index in [4.69, 9.17) is 0 Å². The highest BCUT2D eigenvalue weighted by Gasteiger charge is 2.36. The van der Waals surface area contributed by atoms with Crippen molar-refractivity contribution in [2.24, 2.45) is 0 Å². The van der Waals surface area contributed by atoms with Gasteiger partial charge in [0.05, 0.1) is 0 Å². The Labute approximate surface area is 66.9 Å². The molecule has 0 amide bonds. The maximum absolute atomic E-state index is 11.4. The summed E-state index contributed by atoms with van der Waals surface area (Å²) in [6.45, 7) is 0.0339. The van der Waals surface area contributed by atoms with Gasteiger partial charge in [-0.1, -0.05) is 15.9 Å². The zero-order valence-electron chi connectivity index (χ0n) is 4.74. The van der Waals surface area contributed by atoms with E-state index in [9.17, 15) is 17.4 Å². The quantitative estimate of drug-likeness (QED) is 0.736. The molecule has 2 nitrogen and oxygen atoms in total. The molecular weight excluding hydrogens is 235 g/mol. The molecule has 1 unspecified atom stereocenters. The summed E-state index contributed by atoms with van der Waals surface area (Å²) in [5.41, 5.74) is -4.65. The van der Waals surface area contributed by atoms with Crippen LogP contribution in [0.15, 0.2) is 0 Å². The molecule has 0 saturated heterocycles. The van der Waals surface area contributed by atoms with E-state index < -0.39 is 16.5 Å². The Morgan fingerprint density at radius 2 is 2.00 bits per heavy atom. The highest BCUT2D eigenvalue weighted by molar-refractivity contribution is 9.09. The van der Waals surface area contributed by atoms with Gasteiger partial charge in [-0.15, -0.1) is 0 Å². The molecule has 10 heavy (non-hydrogen) atoms. The summed E-state index contributed by atoms with van der Waals surface area (Å²) >= 11 is 2.88. The van der Waals surface area contributed by atoms with E-state index in [1.807, 2.05) is 0 Å². The van der Waals surface area contributed by atoms with Crippen LogP contribution in [0.5, 0.6) is 0 Å². The Balaban J connectivity index is 3.64. The van der Waals surface area contributed by atoms with Crippen LogP contribution in [-0.2, 0) is 11.0 Å². The molecule has 0 saturated carbocycles. The molecule has 1 atom stereocenters. The van der Waals surface area contributed by atoms with E-state index in [-0.39, 0.29) is 6.54 Å². The van der Waals surface area contributed by atoms with Crippen molar-refractivity contribution >= 4 is 26.9 Å². The van der Waals surface area contributed by atoms with Gasteiger partial charge >= 0.3 is 5.51 Å². The normalized spacial score (nSPS) is 15.2. The monoisotopic (exact) mass is 239 g/mol. The summed E-state index contributed by atoms with van der Waals surface area (Å²) in [7, 11) is -2.92. The smallest absolute Gasteiger partial charge is 0.234 e. The van der Waals surface area contributed by atoms with Crippen molar-refractivity contribution in [3.05, 3.63) is 0 Å². The van der Waals surface area contributed by atoms with Crippen LogP contribution in [0.4, 0.5) is 13.2 Å². The maximum atomic E-state index is 11.4. The van der Waals surface area contributed by atoms with Crippen LogP contribution >= 0.6 is 15.9 Å². The van der Waals surface area contributed by atoms with Gasteiger partial charge in [0.15, 0.2) is 11.0 Å². The fourth-order valence-electron chi connectivity index (χ4n) is 0.213. The Bertz CT molecular complexity index is 127. The van der Waals surface area contributed by atoms with Crippen molar-refractivity contribution in [3.8, 4) is 0 Å². The lowest BCUT2D eigenvalue weighted by atomic mass is 10.8. The molecule has 62 valence electrons. The average Bonchev–Trinajstić information content (AvgIpc) is 1.80. The molecule has 0 bridgehead atoms. The highest BCUT2D eigenvalue weighted by atomic mass is 79.9. The van der Waals surface area contributed by atoms with Crippen molar-refractivity contribution in [1.29, 1.82) is 0 Å². The number of hydrogen-bond acceptors (Lipinski definition) is 1. The molecule has 0 rings (SSSR count). The van der Waals surface area contributed by atoms with Crippen LogP contribution in [0.2, 0.25) is 0 Å². The third kappa shape index (κ3) is 4.24. The van der Waals surface area contributed by atoms with E-state index in [1.165, 1.54) is 0 Å². The van der Waals surface area contributed by atoms with Crippen LogP contribution in [0.3, 0.4) is 0 Å². The van der Waals surface area contributed by atoms with Crippen molar-refractivity contribution < 1.29 is 17.4 Å². The Morgan fingerprint density at radius 1 is 1.50 bits per heavy atom. The van der Waals surface area contributed by atoms with Gasteiger partial charge in [0, 0.05) is 11.9 Å². The molecule has 0 heterocycles. The molecule has 0 aromatic heterocycles. The zero-order valence-corrected chi connectivity index (χ0v) is 7.15. The summed E-state index contributed by atoms with van der Waals surface area (Å²) in [4.78, 5) is 0. The minimum atomic E-state index is -4.65. The second kappa shape index (κ2) is 4.30. The van der Waals surface area contributed by atoms with Gasteiger partial charge in [0.2, 0.25) is 0 Å². The van der Waals surface area contributed by atoms with Crippen LogP contribution < -0.4 is 4.72 Å². The number of alkyl halides is 4. The minimum Gasteiger partial charge on any atom is -0.234 e. The Hall–Kier alpha value is 0.380. The molecule has 0 aliphatic heterocycles. The van der Waals surface area contributed by atoms with E-state index in [1.54, 1.807) is 4.72 Å². The first-order valence-electron chi connectivity index (χ1n) is 2.26. The summed E-state index contributed by atoms with van der Waals surface area (Å²) in [5, 5.41) is 0.342. The lowest BCUT2D eigenvalue weighted by Gasteiger charge is -2.04. The van der Waals surface area contributed by atoms with Gasteiger partial charge in [0.25, 0.3) is 0 Å². The molecule has 0 spiro atoms.